The first kappa shape index (κ1) is 14.8. The number of nitrogens with one attached hydrogen (secondary N) is 2. The zero-order valence-electron chi connectivity index (χ0n) is 12.0. The highest BCUT2D eigenvalue weighted by Gasteiger charge is 2.04. The van der Waals surface area contributed by atoms with Crippen LogP contribution < -0.4 is 10.6 Å². The highest BCUT2D eigenvalue weighted by atomic mass is 79.9. The quantitative estimate of drug-likeness (QED) is 0.856. The van der Waals surface area contributed by atoms with Crippen LogP contribution in [0.2, 0.25) is 0 Å². The van der Waals surface area contributed by atoms with Crippen LogP contribution in [0.1, 0.15) is 25.2 Å². The summed E-state index contributed by atoms with van der Waals surface area (Å²) in [7, 11) is 0. The van der Waals surface area contributed by atoms with Gasteiger partial charge in [0.05, 0.1) is 0 Å². The van der Waals surface area contributed by atoms with E-state index in [1.807, 2.05) is 12.1 Å². The molecule has 0 bridgehead atoms. The summed E-state index contributed by atoms with van der Waals surface area (Å²) >= 11 is 3.51. The Labute approximate surface area is 128 Å². The number of benzene rings is 1. The van der Waals surface area contributed by atoms with E-state index < -0.39 is 0 Å². The molecule has 0 atom stereocenters. The second-order valence-corrected chi connectivity index (χ2v) is 5.50. The number of aromatic nitrogens is 2. The first-order chi connectivity index (χ1) is 9.60. The molecule has 0 saturated heterocycles. The minimum atomic E-state index is 0.810. The SMILES string of the molecule is CCNc1cc(Nc2cc(C)cc(Br)c2)nc(CC)n1. The third-order valence-corrected chi connectivity index (χ3v) is 3.22. The van der Waals surface area contributed by atoms with E-state index in [-0.39, 0.29) is 0 Å². The molecule has 1 aromatic carbocycles. The first-order valence-corrected chi connectivity index (χ1v) is 7.56. The Hall–Kier alpha value is -1.62. The van der Waals surface area contributed by atoms with Crippen molar-refractivity contribution in [1.82, 2.24) is 9.97 Å². The number of hydrogen-bond donors (Lipinski definition) is 2. The summed E-state index contributed by atoms with van der Waals surface area (Å²) in [6, 6.07) is 8.13. The fraction of sp³-hybridized carbons (Fsp3) is 0.333. The van der Waals surface area contributed by atoms with Crippen LogP contribution in [0.3, 0.4) is 0 Å². The number of halogens is 1. The molecule has 0 fully saturated rings. The summed E-state index contributed by atoms with van der Waals surface area (Å²) in [4.78, 5) is 8.96. The van der Waals surface area contributed by atoms with Crippen LogP contribution in [-0.4, -0.2) is 16.5 Å². The molecule has 0 unspecified atom stereocenters. The van der Waals surface area contributed by atoms with Crippen molar-refractivity contribution in [2.45, 2.75) is 27.2 Å². The van der Waals surface area contributed by atoms with Gasteiger partial charge in [-0.2, -0.15) is 0 Å². The van der Waals surface area contributed by atoms with E-state index in [0.29, 0.717) is 0 Å². The third-order valence-electron chi connectivity index (χ3n) is 2.76. The first-order valence-electron chi connectivity index (χ1n) is 6.76. The standard InChI is InChI=1S/C15H19BrN4/c1-4-13-19-14(17-5-2)9-15(20-13)18-12-7-10(3)6-11(16)8-12/h6-9H,4-5H2,1-3H3,(H2,17,18,19,20). The van der Waals surface area contributed by atoms with Gasteiger partial charge in [0.25, 0.3) is 0 Å². The van der Waals surface area contributed by atoms with Crippen molar-refractivity contribution >= 4 is 33.3 Å². The molecule has 20 heavy (non-hydrogen) atoms. The molecule has 2 rings (SSSR count). The Morgan fingerprint density at radius 2 is 1.80 bits per heavy atom. The normalized spacial score (nSPS) is 10.4. The van der Waals surface area contributed by atoms with Gasteiger partial charge in [-0.1, -0.05) is 22.9 Å². The molecular formula is C15H19BrN4. The molecular weight excluding hydrogens is 316 g/mol. The number of rotatable bonds is 5. The summed E-state index contributed by atoms with van der Waals surface area (Å²) in [6.07, 6.45) is 0.811. The Bertz CT molecular complexity index is 578. The summed E-state index contributed by atoms with van der Waals surface area (Å²) < 4.78 is 1.05. The van der Waals surface area contributed by atoms with Crippen molar-refractivity contribution in [3.63, 3.8) is 0 Å². The highest BCUT2D eigenvalue weighted by molar-refractivity contribution is 9.10. The third kappa shape index (κ3) is 3.93. The number of aryl methyl sites for hydroxylation is 2. The largest absolute Gasteiger partial charge is 0.370 e. The Kier molecular flexibility index (Phi) is 4.95. The summed E-state index contributed by atoms with van der Waals surface area (Å²) in [5.74, 6) is 2.50. The van der Waals surface area contributed by atoms with Crippen LogP contribution in [0.4, 0.5) is 17.3 Å². The minimum absolute atomic E-state index is 0.810. The summed E-state index contributed by atoms with van der Waals surface area (Å²) in [6.45, 7) is 7.02. The predicted octanol–water partition coefficient (Wildman–Crippen LogP) is 4.29. The van der Waals surface area contributed by atoms with Gasteiger partial charge >= 0.3 is 0 Å². The van der Waals surface area contributed by atoms with E-state index in [1.165, 1.54) is 5.56 Å². The molecule has 0 aliphatic carbocycles. The smallest absolute Gasteiger partial charge is 0.136 e. The molecule has 0 aliphatic rings. The number of nitrogens with zero attached hydrogens (tertiary/aromatic N) is 2. The monoisotopic (exact) mass is 334 g/mol. The van der Waals surface area contributed by atoms with Gasteiger partial charge in [0, 0.05) is 29.2 Å². The van der Waals surface area contributed by atoms with E-state index in [1.54, 1.807) is 0 Å². The second kappa shape index (κ2) is 6.70. The van der Waals surface area contributed by atoms with Crippen molar-refractivity contribution in [1.29, 1.82) is 0 Å². The molecule has 1 heterocycles. The molecule has 0 spiro atoms. The predicted molar refractivity (Wildman–Crippen MR) is 87.7 cm³/mol. The summed E-state index contributed by atoms with van der Waals surface area (Å²) in [5, 5.41) is 6.57. The van der Waals surface area contributed by atoms with Gasteiger partial charge in [0.15, 0.2) is 0 Å². The number of anilines is 3. The van der Waals surface area contributed by atoms with Crippen LogP contribution >= 0.6 is 15.9 Å². The lowest BCUT2D eigenvalue weighted by molar-refractivity contribution is 0.939. The fourth-order valence-corrected chi connectivity index (χ4v) is 2.56. The van der Waals surface area contributed by atoms with E-state index >= 15 is 0 Å². The van der Waals surface area contributed by atoms with E-state index in [0.717, 1.165) is 40.6 Å². The van der Waals surface area contributed by atoms with Crippen molar-refractivity contribution in [2.24, 2.45) is 0 Å². The molecule has 0 amide bonds. The maximum absolute atomic E-state index is 4.51. The summed E-state index contributed by atoms with van der Waals surface area (Å²) in [5.41, 5.74) is 2.21. The van der Waals surface area contributed by atoms with Crippen LogP contribution in [-0.2, 0) is 6.42 Å². The van der Waals surface area contributed by atoms with Crippen molar-refractivity contribution in [2.75, 3.05) is 17.2 Å². The molecule has 2 N–H and O–H groups in total. The molecule has 1 aromatic heterocycles. The molecule has 0 saturated carbocycles. The van der Waals surface area contributed by atoms with E-state index in [4.69, 9.17) is 0 Å². The second-order valence-electron chi connectivity index (χ2n) is 4.58. The van der Waals surface area contributed by atoms with Crippen LogP contribution in [0.5, 0.6) is 0 Å². The van der Waals surface area contributed by atoms with Gasteiger partial charge < -0.3 is 10.6 Å². The van der Waals surface area contributed by atoms with Gasteiger partial charge in [-0.3, -0.25) is 0 Å². The molecule has 106 valence electrons. The highest BCUT2D eigenvalue weighted by Crippen LogP contribution is 2.23. The van der Waals surface area contributed by atoms with Gasteiger partial charge in [-0.05, 0) is 37.6 Å². The van der Waals surface area contributed by atoms with Crippen molar-refractivity contribution in [3.8, 4) is 0 Å². The van der Waals surface area contributed by atoms with E-state index in [2.05, 4.69) is 69.4 Å². The lowest BCUT2D eigenvalue weighted by Crippen LogP contribution is -2.05. The van der Waals surface area contributed by atoms with Gasteiger partial charge in [-0.25, -0.2) is 9.97 Å². The average Bonchev–Trinajstić information content (AvgIpc) is 2.37. The van der Waals surface area contributed by atoms with Gasteiger partial charge in [-0.15, -0.1) is 0 Å². The lowest BCUT2D eigenvalue weighted by Gasteiger charge is -2.11. The average molecular weight is 335 g/mol. The fourth-order valence-electron chi connectivity index (χ4n) is 1.95. The van der Waals surface area contributed by atoms with E-state index in [9.17, 15) is 0 Å². The molecule has 5 heteroatoms. The Morgan fingerprint density at radius 1 is 1.05 bits per heavy atom. The molecule has 2 aromatic rings. The molecule has 4 nitrogen and oxygen atoms in total. The van der Waals surface area contributed by atoms with Crippen molar-refractivity contribution < 1.29 is 0 Å². The van der Waals surface area contributed by atoms with Gasteiger partial charge in [0.1, 0.15) is 17.5 Å². The zero-order valence-corrected chi connectivity index (χ0v) is 13.6. The van der Waals surface area contributed by atoms with Crippen LogP contribution in [0.25, 0.3) is 0 Å². The number of hydrogen-bond acceptors (Lipinski definition) is 4. The van der Waals surface area contributed by atoms with Crippen LogP contribution in [0.15, 0.2) is 28.7 Å². The lowest BCUT2D eigenvalue weighted by atomic mass is 10.2. The Morgan fingerprint density at radius 3 is 2.45 bits per heavy atom. The maximum Gasteiger partial charge on any atom is 0.136 e. The van der Waals surface area contributed by atoms with Crippen LogP contribution in [0, 0.1) is 6.92 Å². The topological polar surface area (TPSA) is 49.8 Å². The zero-order chi connectivity index (χ0) is 14.5. The minimum Gasteiger partial charge on any atom is -0.370 e. The van der Waals surface area contributed by atoms with Gasteiger partial charge in [0.2, 0.25) is 0 Å². The maximum atomic E-state index is 4.51. The molecule has 0 radical (unpaired) electrons. The Balaban J connectivity index is 2.29. The van der Waals surface area contributed by atoms with Crippen molar-refractivity contribution in [3.05, 3.63) is 40.1 Å². The molecule has 0 aliphatic heterocycles.